The Morgan fingerprint density at radius 2 is 2.11 bits per heavy atom. The molecule has 0 saturated carbocycles. The number of rotatable bonds is 2. The van der Waals surface area contributed by atoms with E-state index < -0.39 is 11.2 Å². The third kappa shape index (κ3) is 2.54. The zero-order chi connectivity index (χ0) is 14.2. The van der Waals surface area contributed by atoms with Crippen LogP contribution in [0, 0.1) is 0 Å². The highest BCUT2D eigenvalue weighted by Gasteiger charge is 2.26. The van der Waals surface area contributed by atoms with E-state index in [0.29, 0.717) is 19.7 Å². The molecule has 2 unspecified atom stereocenters. The van der Waals surface area contributed by atoms with Gasteiger partial charge in [-0.1, -0.05) is 0 Å². The van der Waals surface area contributed by atoms with Gasteiger partial charge in [-0.2, -0.15) is 0 Å². The van der Waals surface area contributed by atoms with Gasteiger partial charge in [-0.05, 0) is 6.92 Å². The minimum Gasteiger partial charge on any atom is -0.373 e. The van der Waals surface area contributed by atoms with Gasteiger partial charge in [0, 0.05) is 33.2 Å². The predicted molar refractivity (Wildman–Crippen MR) is 70.3 cm³/mol. The van der Waals surface area contributed by atoms with E-state index in [1.807, 2.05) is 11.8 Å². The van der Waals surface area contributed by atoms with Crippen molar-refractivity contribution in [2.75, 3.05) is 24.6 Å². The molecule has 0 bridgehead atoms. The van der Waals surface area contributed by atoms with Crippen LogP contribution >= 0.6 is 0 Å². The summed E-state index contributed by atoms with van der Waals surface area (Å²) in [4.78, 5) is 25.5. The minimum atomic E-state index is -0.439. The lowest BCUT2D eigenvalue weighted by Crippen LogP contribution is -2.52. The van der Waals surface area contributed by atoms with Gasteiger partial charge in [-0.15, -0.1) is 5.10 Å². The number of ether oxygens (including phenoxy) is 1. The van der Waals surface area contributed by atoms with Crippen LogP contribution in [0.15, 0.2) is 9.59 Å². The van der Waals surface area contributed by atoms with Gasteiger partial charge >= 0.3 is 5.69 Å². The maximum Gasteiger partial charge on any atom is 0.346 e. The molecular weight excluding hydrogens is 250 g/mol. The Morgan fingerprint density at radius 3 is 2.74 bits per heavy atom. The fourth-order valence-electron chi connectivity index (χ4n) is 2.07. The topological polar surface area (TPSA) is 95.4 Å². The third-order valence-corrected chi connectivity index (χ3v) is 3.28. The first-order chi connectivity index (χ1) is 8.91. The van der Waals surface area contributed by atoms with E-state index in [9.17, 15) is 9.59 Å². The molecule has 0 amide bonds. The van der Waals surface area contributed by atoms with Crippen LogP contribution in [0.4, 0.5) is 5.82 Å². The lowest BCUT2D eigenvalue weighted by Gasteiger charge is -2.34. The van der Waals surface area contributed by atoms with E-state index >= 15 is 0 Å². The number of aryl methyl sites for hydroxylation is 1. The molecule has 0 radical (unpaired) electrons. The lowest BCUT2D eigenvalue weighted by atomic mass is 10.1. The summed E-state index contributed by atoms with van der Waals surface area (Å²) in [7, 11) is 2.97. The number of nitrogens with zero attached hydrogens (tertiary/aromatic N) is 4. The highest BCUT2D eigenvalue weighted by molar-refractivity contribution is 5.35. The molecule has 1 fully saturated rings. The van der Waals surface area contributed by atoms with Gasteiger partial charge in [-0.3, -0.25) is 9.36 Å². The molecule has 2 rings (SSSR count). The van der Waals surface area contributed by atoms with Crippen molar-refractivity contribution in [3.05, 3.63) is 20.8 Å². The molecule has 1 saturated heterocycles. The molecule has 8 nitrogen and oxygen atoms in total. The molecule has 2 atom stereocenters. The van der Waals surface area contributed by atoms with Crippen molar-refractivity contribution < 1.29 is 4.74 Å². The molecule has 19 heavy (non-hydrogen) atoms. The number of nitrogens with two attached hydrogens (primary N) is 1. The van der Waals surface area contributed by atoms with E-state index in [-0.39, 0.29) is 18.0 Å². The van der Waals surface area contributed by atoms with Crippen LogP contribution in [0.25, 0.3) is 0 Å². The first-order valence-corrected chi connectivity index (χ1v) is 6.18. The van der Waals surface area contributed by atoms with Crippen molar-refractivity contribution in [2.45, 2.75) is 19.1 Å². The Kier molecular flexibility index (Phi) is 3.72. The monoisotopic (exact) mass is 269 g/mol. The smallest absolute Gasteiger partial charge is 0.346 e. The molecule has 1 aliphatic rings. The van der Waals surface area contributed by atoms with Crippen molar-refractivity contribution in [2.24, 2.45) is 19.8 Å². The summed E-state index contributed by atoms with van der Waals surface area (Å²) < 4.78 is 7.76. The van der Waals surface area contributed by atoms with Gasteiger partial charge in [0.15, 0.2) is 0 Å². The van der Waals surface area contributed by atoms with Crippen LogP contribution in [0.1, 0.15) is 6.92 Å². The number of aromatic nitrogens is 3. The quantitative estimate of drug-likeness (QED) is 0.669. The van der Waals surface area contributed by atoms with E-state index in [2.05, 4.69) is 5.10 Å². The highest BCUT2D eigenvalue weighted by Crippen LogP contribution is 2.11. The van der Waals surface area contributed by atoms with Gasteiger partial charge in [0.1, 0.15) is 0 Å². The third-order valence-electron chi connectivity index (χ3n) is 3.28. The normalized spacial score (nSPS) is 21.5. The Bertz CT molecular complexity index is 577. The molecule has 1 aromatic heterocycles. The maximum absolute atomic E-state index is 12.1. The first-order valence-electron chi connectivity index (χ1n) is 6.18. The standard InChI is InChI=1S/C11H19N5O3/c1-7(12)8-6-16(4-5-19-8)9-10(17)14(2)11(18)15(3)13-9/h7-8H,4-6,12H2,1-3H3. The Balaban J connectivity index is 2.37. The fourth-order valence-corrected chi connectivity index (χ4v) is 2.07. The molecule has 0 aromatic carbocycles. The maximum atomic E-state index is 12.1. The van der Waals surface area contributed by atoms with Crippen LogP contribution in [-0.2, 0) is 18.8 Å². The number of hydrogen-bond acceptors (Lipinski definition) is 6. The van der Waals surface area contributed by atoms with Gasteiger partial charge in [0.2, 0.25) is 5.82 Å². The zero-order valence-corrected chi connectivity index (χ0v) is 11.4. The van der Waals surface area contributed by atoms with E-state index in [1.54, 1.807) is 0 Å². The van der Waals surface area contributed by atoms with Crippen LogP contribution in [-0.4, -0.2) is 46.2 Å². The largest absolute Gasteiger partial charge is 0.373 e. The molecule has 8 heteroatoms. The molecule has 2 heterocycles. The van der Waals surface area contributed by atoms with Gasteiger partial charge in [0.25, 0.3) is 5.56 Å². The van der Waals surface area contributed by atoms with Crippen molar-refractivity contribution in [1.29, 1.82) is 0 Å². The second kappa shape index (κ2) is 5.14. The van der Waals surface area contributed by atoms with Crippen molar-refractivity contribution >= 4 is 5.82 Å². The summed E-state index contributed by atoms with van der Waals surface area (Å²) in [5, 5.41) is 4.05. The summed E-state index contributed by atoms with van der Waals surface area (Å²) in [5.41, 5.74) is 4.98. The molecule has 2 N–H and O–H groups in total. The lowest BCUT2D eigenvalue weighted by molar-refractivity contribution is 0.0271. The van der Waals surface area contributed by atoms with Crippen molar-refractivity contribution in [3.63, 3.8) is 0 Å². The van der Waals surface area contributed by atoms with Crippen LogP contribution < -0.4 is 21.9 Å². The Morgan fingerprint density at radius 1 is 1.42 bits per heavy atom. The summed E-state index contributed by atoms with van der Waals surface area (Å²) in [6.07, 6.45) is -0.141. The number of morpholine rings is 1. The highest BCUT2D eigenvalue weighted by atomic mass is 16.5. The number of hydrogen-bond donors (Lipinski definition) is 1. The SMILES string of the molecule is CC(N)C1CN(c2nn(C)c(=O)n(C)c2=O)CCO1. The molecule has 106 valence electrons. The minimum absolute atomic E-state index is 0.126. The van der Waals surface area contributed by atoms with E-state index in [0.717, 1.165) is 9.25 Å². The van der Waals surface area contributed by atoms with Crippen LogP contribution in [0.3, 0.4) is 0 Å². The first kappa shape index (κ1) is 13.8. The van der Waals surface area contributed by atoms with Gasteiger partial charge in [-0.25, -0.2) is 9.48 Å². The van der Waals surface area contributed by atoms with Crippen molar-refractivity contribution in [1.82, 2.24) is 14.3 Å². The average Bonchev–Trinajstić information content (AvgIpc) is 2.40. The second-order valence-electron chi connectivity index (χ2n) is 4.81. The van der Waals surface area contributed by atoms with E-state index in [4.69, 9.17) is 10.5 Å². The van der Waals surface area contributed by atoms with E-state index in [1.165, 1.54) is 14.1 Å². The van der Waals surface area contributed by atoms with Crippen LogP contribution in [0.2, 0.25) is 0 Å². The van der Waals surface area contributed by atoms with Gasteiger partial charge in [0.05, 0.1) is 12.7 Å². The summed E-state index contributed by atoms with van der Waals surface area (Å²) in [6, 6.07) is -0.126. The summed E-state index contributed by atoms with van der Waals surface area (Å²) in [6.45, 7) is 3.40. The molecule has 1 aliphatic heterocycles. The average molecular weight is 269 g/mol. The zero-order valence-electron chi connectivity index (χ0n) is 11.4. The summed E-state index contributed by atoms with van der Waals surface area (Å²) >= 11 is 0. The number of anilines is 1. The summed E-state index contributed by atoms with van der Waals surface area (Å²) in [5.74, 6) is 0.263. The molecule has 0 aliphatic carbocycles. The second-order valence-corrected chi connectivity index (χ2v) is 4.81. The Hall–Kier alpha value is -1.67. The molecule has 0 spiro atoms. The molecule has 1 aromatic rings. The molecular formula is C11H19N5O3. The van der Waals surface area contributed by atoms with Gasteiger partial charge < -0.3 is 15.4 Å². The Labute approximate surface area is 110 Å². The van der Waals surface area contributed by atoms with Crippen molar-refractivity contribution in [3.8, 4) is 0 Å². The predicted octanol–water partition coefficient (Wildman–Crippen LogP) is -1.97. The van der Waals surface area contributed by atoms with Crippen LogP contribution in [0.5, 0.6) is 0 Å². The fraction of sp³-hybridized carbons (Fsp3) is 0.727.